The topological polar surface area (TPSA) is 69.6 Å². The summed E-state index contributed by atoms with van der Waals surface area (Å²) in [6.07, 6.45) is 0. The molecule has 1 atom stereocenters. The number of halogens is 1. The maximum atomic E-state index is 12.7. The lowest BCUT2D eigenvalue weighted by molar-refractivity contribution is -0.0338. The number of nitrogens with zero attached hydrogens (tertiary/aromatic N) is 1. The van der Waals surface area contributed by atoms with E-state index in [1.165, 1.54) is 23.9 Å². The first-order chi connectivity index (χ1) is 12.2. The molecule has 26 heavy (non-hydrogen) atoms. The summed E-state index contributed by atoms with van der Waals surface area (Å²) in [6, 6.07) is 13.7. The molecule has 138 valence electrons. The number of sulfonamides is 1. The van der Waals surface area contributed by atoms with E-state index in [4.69, 9.17) is 23.8 Å². The highest BCUT2D eigenvalue weighted by Gasteiger charge is 2.42. The van der Waals surface area contributed by atoms with E-state index >= 15 is 0 Å². The quantitative estimate of drug-likeness (QED) is 0.713. The molecule has 2 N–H and O–H groups in total. The Morgan fingerprint density at radius 2 is 2.00 bits per heavy atom. The molecule has 5 nitrogen and oxygen atoms in total. The molecular weight excluding hydrogens is 412 g/mol. The van der Waals surface area contributed by atoms with Crippen LogP contribution in [0.4, 0.5) is 0 Å². The minimum atomic E-state index is -3.85. The first-order valence-electron chi connectivity index (χ1n) is 7.70. The van der Waals surface area contributed by atoms with E-state index in [0.29, 0.717) is 15.6 Å². The van der Waals surface area contributed by atoms with Crippen molar-refractivity contribution in [3.63, 3.8) is 0 Å². The second-order valence-corrected chi connectivity index (χ2v) is 9.64. The van der Waals surface area contributed by atoms with Crippen LogP contribution in [-0.2, 0) is 22.3 Å². The van der Waals surface area contributed by atoms with Crippen molar-refractivity contribution >= 4 is 49.9 Å². The van der Waals surface area contributed by atoms with Crippen LogP contribution in [0, 0.1) is 0 Å². The Kier molecular flexibility index (Phi) is 5.62. The SMILES string of the molecule is CN1C(=S)SCC1(O)c1ccc(Cl)c(S(=O)(=O)NCc2ccccc2)c1. The Morgan fingerprint density at radius 3 is 2.62 bits per heavy atom. The predicted molar refractivity (Wildman–Crippen MR) is 109 cm³/mol. The number of nitrogens with one attached hydrogen (secondary N) is 1. The van der Waals surface area contributed by atoms with E-state index in [-0.39, 0.29) is 16.5 Å². The van der Waals surface area contributed by atoms with Crippen LogP contribution in [0.3, 0.4) is 0 Å². The molecule has 0 aromatic heterocycles. The van der Waals surface area contributed by atoms with Gasteiger partial charge in [-0.3, -0.25) is 0 Å². The van der Waals surface area contributed by atoms with Gasteiger partial charge in [-0.05, 0) is 17.7 Å². The zero-order chi connectivity index (χ0) is 18.9. The number of thioether (sulfide) groups is 1. The molecule has 1 fully saturated rings. The van der Waals surface area contributed by atoms with Crippen LogP contribution in [0.25, 0.3) is 0 Å². The lowest BCUT2D eigenvalue weighted by atomic mass is 10.0. The standard InChI is InChI=1S/C17H17ClN2O3S3/c1-20-16(24)25-11-17(20,21)13-7-8-14(18)15(9-13)26(22,23)19-10-12-5-3-2-4-6-12/h2-9,19,21H,10-11H2,1H3. The number of aliphatic hydroxyl groups is 1. The molecule has 2 aromatic carbocycles. The highest BCUT2D eigenvalue weighted by molar-refractivity contribution is 8.23. The molecule has 0 spiro atoms. The van der Waals surface area contributed by atoms with Crippen LogP contribution < -0.4 is 4.72 Å². The molecule has 9 heteroatoms. The van der Waals surface area contributed by atoms with Crippen molar-refractivity contribution in [1.29, 1.82) is 0 Å². The molecular formula is C17H17ClN2O3S3. The Labute approximate surface area is 167 Å². The highest BCUT2D eigenvalue weighted by Crippen LogP contribution is 2.39. The van der Waals surface area contributed by atoms with E-state index in [1.807, 2.05) is 30.3 Å². The minimum absolute atomic E-state index is 0.0720. The van der Waals surface area contributed by atoms with Crippen LogP contribution in [-0.4, -0.2) is 35.5 Å². The Bertz CT molecular complexity index is 938. The van der Waals surface area contributed by atoms with E-state index in [1.54, 1.807) is 18.0 Å². The lowest BCUT2D eigenvalue weighted by Gasteiger charge is -2.31. The number of thiocarbonyl (C=S) groups is 1. The van der Waals surface area contributed by atoms with Gasteiger partial charge in [0.2, 0.25) is 10.0 Å². The van der Waals surface area contributed by atoms with Gasteiger partial charge in [-0.25, -0.2) is 13.1 Å². The van der Waals surface area contributed by atoms with Gasteiger partial charge in [-0.2, -0.15) is 0 Å². The van der Waals surface area contributed by atoms with Crippen LogP contribution in [0.1, 0.15) is 11.1 Å². The van der Waals surface area contributed by atoms with Gasteiger partial charge in [0.1, 0.15) is 9.22 Å². The fraction of sp³-hybridized carbons (Fsp3) is 0.235. The first-order valence-corrected chi connectivity index (χ1v) is 11.0. The smallest absolute Gasteiger partial charge is 0.242 e. The number of hydrogen-bond donors (Lipinski definition) is 2. The van der Waals surface area contributed by atoms with Crippen molar-refractivity contribution in [3.8, 4) is 0 Å². The third-order valence-corrected chi connectivity index (χ3v) is 7.80. The molecule has 0 saturated carbocycles. The monoisotopic (exact) mass is 428 g/mol. The van der Waals surface area contributed by atoms with E-state index in [9.17, 15) is 13.5 Å². The van der Waals surface area contributed by atoms with Gasteiger partial charge in [0.25, 0.3) is 0 Å². The molecule has 0 aliphatic carbocycles. The normalized spacial score (nSPS) is 20.6. The summed E-state index contributed by atoms with van der Waals surface area (Å²) in [5.41, 5.74) is -0.105. The van der Waals surface area contributed by atoms with Crippen LogP contribution in [0.5, 0.6) is 0 Å². The summed E-state index contributed by atoms with van der Waals surface area (Å²) >= 11 is 12.7. The predicted octanol–water partition coefficient (Wildman–Crippen LogP) is 2.93. The Morgan fingerprint density at radius 1 is 1.31 bits per heavy atom. The second kappa shape index (κ2) is 7.46. The van der Waals surface area contributed by atoms with Crippen molar-refractivity contribution in [3.05, 3.63) is 64.7 Å². The van der Waals surface area contributed by atoms with Crippen LogP contribution >= 0.6 is 35.6 Å². The fourth-order valence-corrected chi connectivity index (χ4v) is 5.49. The number of hydrogen-bond acceptors (Lipinski definition) is 5. The number of rotatable bonds is 5. The molecule has 0 radical (unpaired) electrons. The molecule has 1 unspecified atom stereocenters. The minimum Gasteiger partial charge on any atom is -0.366 e. The maximum absolute atomic E-state index is 12.7. The molecule has 0 bridgehead atoms. The summed E-state index contributed by atoms with van der Waals surface area (Å²) in [4.78, 5) is 1.49. The summed E-state index contributed by atoms with van der Waals surface area (Å²) in [5, 5.41) is 11.0. The zero-order valence-electron chi connectivity index (χ0n) is 13.8. The molecule has 1 saturated heterocycles. The van der Waals surface area contributed by atoms with Gasteiger partial charge in [0, 0.05) is 19.2 Å². The van der Waals surface area contributed by atoms with Gasteiger partial charge in [0.05, 0.1) is 10.8 Å². The Hall–Kier alpha value is -1.16. The molecule has 1 aliphatic rings. The molecule has 3 rings (SSSR count). The number of benzene rings is 2. The fourth-order valence-electron chi connectivity index (χ4n) is 2.59. The summed E-state index contributed by atoms with van der Waals surface area (Å²) < 4.78 is 28.5. The summed E-state index contributed by atoms with van der Waals surface area (Å²) in [6.45, 7) is 0.147. The van der Waals surface area contributed by atoms with Crippen molar-refractivity contribution in [2.45, 2.75) is 17.2 Å². The first kappa shape index (κ1) is 19.6. The van der Waals surface area contributed by atoms with Crippen molar-refractivity contribution in [2.75, 3.05) is 12.8 Å². The highest BCUT2D eigenvalue weighted by atomic mass is 35.5. The maximum Gasteiger partial charge on any atom is 0.242 e. The van der Waals surface area contributed by atoms with Crippen LogP contribution in [0.15, 0.2) is 53.4 Å². The molecule has 1 heterocycles. The largest absolute Gasteiger partial charge is 0.366 e. The van der Waals surface area contributed by atoms with Crippen LogP contribution in [0.2, 0.25) is 5.02 Å². The van der Waals surface area contributed by atoms with Gasteiger partial charge in [-0.1, -0.05) is 72.0 Å². The van der Waals surface area contributed by atoms with E-state index < -0.39 is 15.7 Å². The van der Waals surface area contributed by atoms with Gasteiger partial charge in [-0.15, -0.1) is 0 Å². The lowest BCUT2D eigenvalue weighted by Crippen LogP contribution is -2.42. The van der Waals surface area contributed by atoms with Gasteiger partial charge >= 0.3 is 0 Å². The molecule has 1 aliphatic heterocycles. The third-order valence-electron chi connectivity index (χ3n) is 4.22. The molecule has 0 amide bonds. The van der Waals surface area contributed by atoms with Crippen molar-refractivity contribution < 1.29 is 13.5 Å². The average Bonchev–Trinajstić information content (AvgIpc) is 2.90. The molecule has 2 aromatic rings. The van der Waals surface area contributed by atoms with E-state index in [0.717, 1.165) is 5.56 Å². The third kappa shape index (κ3) is 3.76. The average molecular weight is 429 g/mol. The van der Waals surface area contributed by atoms with Gasteiger partial charge < -0.3 is 10.0 Å². The van der Waals surface area contributed by atoms with Gasteiger partial charge in [0.15, 0.2) is 5.72 Å². The summed E-state index contributed by atoms with van der Waals surface area (Å²) in [7, 11) is -2.17. The summed E-state index contributed by atoms with van der Waals surface area (Å²) in [5.74, 6) is 0.320. The second-order valence-electron chi connectivity index (χ2n) is 5.89. The van der Waals surface area contributed by atoms with E-state index in [2.05, 4.69) is 4.72 Å². The van der Waals surface area contributed by atoms with Crippen molar-refractivity contribution in [1.82, 2.24) is 9.62 Å². The zero-order valence-corrected chi connectivity index (χ0v) is 17.1. The Balaban J connectivity index is 1.91. The van der Waals surface area contributed by atoms with Crippen molar-refractivity contribution in [2.24, 2.45) is 0 Å².